The molecular weight excluding hydrogens is 552 g/mol. The first-order valence-electron chi connectivity index (χ1n) is 12.8. The molecule has 3 heterocycles. The predicted molar refractivity (Wildman–Crippen MR) is 143 cm³/mol. The molecule has 0 saturated carbocycles. The lowest BCUT2D eigenvalue weighted by molar-refractivity contribution is -0.153. The van der Waals surface area contributed by atoms with E-state index in [0.717, 1.165) is 11.1 Å². The minimum absolute atomic E-state index is 0.235. The Morgan fingerprint density at radius 3 is 2.37 bits per heavy atom. The van der Waals surface area contributed by atoms with E-state index in [1.807, 2.05) is 60.7 Å². The maximum atomic E-state index is 14.4. The van der Waals surface area contributed by atoms with Gasteiger partial charge in [0.2, 0.25) is 11.8 Å². The summed E-state index contributed by atoms with van der Waals surface area (Å²) in [6, 6.07) is 17.1. The molecule has 38 heavy (non-hydrogen) atoms. The summed E-state index contributed by atoms with van der Waals surface area (Å²) in [5.41, 5.74) is 0.496. The highest BCUT2D eigenvalue weighted by Crippen LogP contribution is 2.60. The van der Waals surface area contributed by atoms with Crippen LogP contribution in [0.4, 0.5) is 0 Å². The summed E-state index contributed by atoms with van der Waals surface area (Å²) >= 11 is 3.57. The van der Waals surface area contributed by atoms with Gasteiger partial charge in [-0.1, -0.05) is 82.7 Å². The minimum atomic E-state index is -1.31. The van der Waals surface area contributed by atoms with Crippen molar-refractivity contribution < 1.29 is 29.3 Å². The third kappa shape index (κ3) is 4.36. The van der Waals surface area contributed by atoms with Gasteiger partial charge in [0.15, 0.2) is 0 Å². The molecule has 3 fully saturated rings. The molecule has 2 aromatic carbocycles. The average molecular weight is 583 g/mol. The molecule has 3 aliphatic rings. The first-order chi connectivity index (χ1) is 18.3. The van der Waals surface area contributed by atoms with Gasteiger partial charge in [-0.3, -0.25) is 14.4 Å². The second-order valence-corrected chi connectivity index (χ2v) is 11.4. The van der Waals surface area contributed by atoms with Crippen LogP contribution in [0.1, 0.15) is 17.5 Å². The Kier molecular flexibility index (Phi) is 7.44. The Hall–Kier alpha value is -3.01. The summed E-state index contributed by atoms with van der Waals surface area (Å²) in [5.74, 6) is -4.02. The largest absolute Gasteiger partial charge is 0.481 e. The van der Waals surface area contributed by atoms with Crippen molar-refractivity contribution in [3.05, 3.63) is 84.4 Å². The van der Waals surface area contributed by atoms with Gasteiger partial charge in [-0.15, -0.1) is 6.58 Å². The number of amides is 2. The molecule has 200 valence electrons. The van der Waals surface area contributed by atoms with E-state index < -0.39 is 47.5 Å². The van der Waals surface area contributed by atoms with Gasteiger partial charge >= 0.3 is 5.97 Å². The Morgan fingerprint density at radius 2 is 1.79 bits per heavy atom. The second kappa shape index (κ2) is 10.6. The van der Waals surface area contributed by atoms with Crippen LogP contribution in [-0.4, -0.2) is 79.6 Å². The van der Waals surface area contributed by atoms with E-state index in [2.05, 4.69) is 22.5 Å². The molecule has 3 saturated heterocycles. The van der Waals surface area contributed by atoms with Crippen molar-refractivity contribution in [2.45, 2.75) is 48.0 Å². The Morgan fingerprint density at radius 1 is 1.16 bits per heavy atom. The van der Waals surface area contributed by atoms with E-state index in [0.29, 0.717) is 12.8 Å². The number of hydrogen-bond acceptors (Lipinski definition) is 5. The molecular formula is C29H31BrN2O6. The molecule has 7 atom stereocenters. The molecule has 2 N–H and O–H groups in total. The lowest BCUT2D eigenvalue weighted by Crippen LogP contribution is -2.59. The Labute approximate surface area is 230 Å². The number of carboxylic acid groups (broad SMARTS) is 1. The van der Waals surface area contributed by atoms with E-state index in [1.54, 1.807) is 11.0 Å². The predicted octanol–water partition coefficient (Wildman–Crippen LogP) is 2.64. The summed E-state index contributed by atoms with van der Waals surface area (Å²) in [4.78, 5) is 43.7. The third-order valence-electron chi connectivity index (χ3n) is 8.04. The number of ether oxygens (including phenoxy) is 1. The number of halogens is 1. The van der Waals surface area contributed by atoms with Crippen LogP contribution in [0.5, 0.6) is 0 Å². The van der Waals surface area contributed by atoms with Crippen LogP contribution in [0.2, 0.25) is 0 Å². The van der Waals surface area contributed by atoms with Gasteiger partial charge in [0.1, 0.15) is 11.6 Å². The highest BCUT2D eigenvalue weighted by atomic mass is 79.9. The lowest BCUT2D eigenvalue weighted by Gasteiger charge is -2.39. The van der Waals surface area contributed by atoms with E-state index in [1.165, 1.54) is 4.90 Å². The quantitative estimate of drug-likeness (QED) is 0.329. The Balaban J connectivity index is 1.58. The van der Waals surface area contributed by atoms with Crippen LogP contribution in [0, 0.1) is 11.8 Å². The first kappa shape index (κ1) is 26.6. The number of aliphatic hydroxyl groups excluding tert-OH is 1. The SMILES string of the molecule is C=CCN(Cc1ccccc1)C(=O)[C@H]1N([C@@H](CO)Cc2ccccc2)C(=O)[C@@H]2[C@@H](C(=O)O)[C@@H]3O[C@@]21CC3Br. The summed E-state index contributed by atoms with van der Waals surface area (Å²) in [6.45, 7) is 3.96. The standard InChI is InChI=1S/C29H31BrN2O6/c1-2-13-31(16-19-11-7-4-8-12-19)27(35)25-29-15-21(30)24(38-29)22(28(36)37)23(29)26(34)32(25)20(17-33)14-18-9-5-3-6-10-18/h2-12,20-25,33H,1,13-17H2,(H,36,37)/t20-,21?,22-,23+,24-,25-,29+/m1/s1. The van der Waals surface area contributed by atoms with Crippen molar-refractivity contribution in [3.8, 4) is 0 Å². The Bertz CT molecular complexity index is 1210. The number of carbonyl (C=O) groups excluding carboxylic acids is 2. The molecule has 1 unspecified atom stereocenters. The van der Waals surface area contributed by atoms with Gasteiger partial charge in [-0.25, -0.2) is 0 Å². The van der Waals surface area contributed by atoms with Crippen LogP contribution >= 0.6 is 15.9 Å². The highest BCUT2D eigenvalue weighted by molar-refractivity contribution is 9.09. The average Bonchev–Trinajstić information content (AvgIpc) is 3.51. The van der Waals surface area contributed by atoms with Crippen molar-refractivity contribution in [2.24, 2.45) is 11.8 Å². The van der Waals surface area contributed by atoms with Crippen LogP contribution < -0.4 is 0 Å². The normalized spacial score (nSPS) is 30.2. The van der Waals surface area contributed by atoms with Crippen molar-refractivity contribution in [3.63, 3.8) is 0 Å². The zero-order chi connectivity index (χ0) is 27.0. The summed E-state index contributed by atoms with van der Waals surface area (Å²) in [7, 11) is 0. The number of alkyl halides is 1. The number of nitrogens with zero attached hydrogens (tertiary/aromatic N) is 2. The number of rotatable bonds is 10. The van der Waals surface area contributed by atoms with E-state index in [-0.39, 0.29) is 30.4 Å². The fraction of sp³-hybridized carbons (Fsp3) is 0.414. The van der Waals surface area contributed by atoms with E-state index >= 15 is 0 Å². The summed E-state index contributed by atoms with van der Waals surface area (Å²) in [6.07, 6.45) is 1.55. The number of hydrogen-bond donors (Lipinski definition) is 2. The van der Waals surface area contributed by atoms with Crippen molar-refractivity contribution >= 4 is 33.7 Å². The minimum Gasteiger partial charge on any atom is -0.481 e. The first-order valence-corrected chi connectivity index (χ1v) is 13.7. The number of likely N-dealkylation sites (tertiary alicyclic amines) is 1. The maximum Gasteiger partial charge on any atom is 0.310 e. The van der Waals surface area contributed by atoms with Crippen molar-refractivity contribution in [1.82, 2.24) is 9.80 Å². The summed E-state index contributed by atoms with van der Waals surface area (Å²) in [5, 5.41) is 20.6. The highest BCUT2D eigenvalue weighted by Gasteiger charge is 2.77. The number of aliphatic hydroxyl groups is 1. The molecule has 0 aromatic heterocycles. The van der Waals surface area contributed by atoms with Gasteiger partial charge < -0.3 is 24.7 Å². The molecule has 0 aliphatic carbocycles. The van der Waals surface area contributed by atoms with Crippen molar-refractivity contribution in [2.75, 3.05) is 13.2 Å². The molecule has 8 nitrogen and oxygen atoms in total. The van der Waals surface area contributed by atoms with E-state index in [4.69, 9.17) is 4.74 Å². The van der Waals surface area contributed by atoms with Crippen LogP contribution in [0.25, 0.3) is 0 Å². The second-order valence-electron chi connectivity index (χ2n) is 10.3. The monoisotopic (exact) mass is 582 g/mol. The van der Waals surface area contributed by atoms with E-state index in [9.17, 15) is 24.6 Å². The van der Waals surface area contributed by atoms with Gasteiger partial charge in [-0.2, -0.15) is 0 Å². The number of fused-ring (bicyclic) bond motifs is 1. The molecule has 3 aliphatic heterocycles. The molecule has 2 amide bonds. The smallest absolute Gasteiger partial charge is 0.310 e. The molecule has 1 spiro atoms. The molecule has 2 aromatic rings. The zero-order valence-corrected chi connectivity index (χ0v) is 22.4. The number of aliphatic carboxylic acids is 1. The molecule has 0 radical (unpaired) electrons. The number of benzene rings is 2. The molecule has 5 rings (SSSR count). The van der Waals surface area contributed by atoms with Crippen molar-refractivity contribution in [1.29, 1.82) is 0 Å². The maximum absolute atomic E-state index is 14.4. The van der Waals surface area contributed by atoms with Crippen LogP contribution in [-0.2, 0) is 32.1 Å². The van der Waals surface area contributed by atoms with Crippen LogP contribution in [0.3, 0.4) is 0 Å². The molecule has 2 bridgehead atoms. The number of carbonyl (C=O) groups is 3. The fourth-order valence-electron chi connectivity index (χ4n) is 6.52. The fourth-order valence-corrected chi connectivity index (χ4v) is 7.47. The lowest BCUT2D eigenvalue weighted by atomic mass is 9.70. The zero-order valence-electron chi connectivity index (χ0n) is 20.9. The van der Waals surface area contributed by atoms with Gasteiger partial charge in [0.25, 0.3) is 0 Å². The number of carboxylic acids is 1. The third-order valence-corrected chi connectivity index (χ3v) is 8.89. The molecule has 9 heteroatoms. The van der Waals surface area contributed by atoms with Gasteiger partial charge in [0, 0.05) is 17.9 Å². The topological polar surface area (TPSA) is 107 Å². The van der Waals surface area contributed by atoms with Gasteiger partial charge in [0.05, 0.1) is 30.6 Å². The van der Waals surface area contributed by atoms with Gasteiger partial charge in [-0.05, 0) is 24.0 Å². The summed E-state index contributed by atoms with van der Waals surface area (Å²) < 4.78 is 6.38. The van der Waals surface area contributed by atoms with Crippen LogP contribution in [0.15, 0.2) is 73.3 Å².